The van der Waals surface area contributed by atoms with Crippen LogP contribution in [0.3, 0.4) is 0 Å². The summed E-state index contributed by atoms with van der Waals surface area (Å²) in [4.78, 5) is 0. The Labute approximate surface area is 229 Å². The molecule has 0 spiro atoms. The minimum atomic E-state index is 0.0140. The Morgan fingerprint density at radius 3 is 1.61 bits per heavy atom. The maximum Gasteiger partial charge on any atom is 0.157 e. The fraction of sp³-hybridized carbons (Fsp3) is 0.613. The van der Waals surface area contributed by atoms with Gasteiger partial charge in [0.15, 0.2) is 6.29 Å². The lowest BCUT2D eigenvalue weighted by Crippen LogP contribution is -2.23. The molecule has 0 radical (unpaired) electrons. The molecule has 0 saturated carbocycles. The molecular weight excluding hydrogens is 484 g/mol. The first-order chi connectivity index (χ1) is 18.9. The van der Waals surface area contributed by atoms with E-state index >= 15 is 0 Å². The number of hydrogen-bond donors (Lipinski definition) is 1. The topological polar surface area (TPSA) is 75.6 Å². The van der Waals surface area contributed by atoms with Crippen molar-refractivity contribution in [3.05, 3.63) is 71.8 Å². The summed E-state index contributed by atoms with van der Waals surface area (Å²) in [6.45, 7) is 7.37. The van der Waals surface area contributed by atoms with Crippen molar-refractivity contribution in [2.45, 2.75) is 64.4 Å². The number of ether oxygens (including phenoxy) is 6. The molecule has 3 rings (SSSR count). The van der Waals surface area contributed by atoms with Crippen LogP contribution in [0.25, 0.3) is 0 Å². The van der Waals surface area contributed by atoms with Gasteiger partial charge in [0.05, 0.1) is 19.8 Å². The van der Waals surface area contributed by atoms with Crippen molar-refractivity contribution in [2.24, 2.45) is 0 Å². The Morgan fingerprint density at radius 1 is 0.605 bits per heavy atom. The van der Waals surface area contributed by atoms with Gasteiger partial charge in [-0.15, -0.1) is 0 Å². The third kappa shape index (κ3) is 18.4. The van der Waals surface area contributed by atoms with Crippen molar-refractivity contribution in [1.82, 2.24) is 0 Å². The molecule has 1 aliphatic rings. The predicted molar refractivity (Wildman–Crippen MR) is 149 cm³/mol. The second-order valence-corrected chi connectivity index (χ2v) is 9.11. The number of aliphatic hydroxyl groups is 1. The third-order valence-electron chi connectivity index (χ3n) is 5.70. The lowest BCUT2D eigenvalue weighted by Gasteiger charge is -2.22. The molecule has 214 valence electrons. The summed E-state index contributed by atoms with van der Waals surface area (Å²) < 4.78 is 33.1. The van der Waals surface area contributed by atoms with Crippen molar-refractivity contribution in [2.75, 3.05) is 59.5 Å². The van der Waals surface area contributed by atoms with E-state index in [4.69, 9.17) is 33.5 Å². The van der Waals surface area contributed by atoms with Crippen LogP contribution in [0.2, 0.25) is 0 Å². The van der Waals surface area contributed by atoms with E-state index in [-0.39, 0.29) is 12.9 Å². The average molecular weight is 533 g/mol. The summed E-state index contributed by atoms with van der Waals surface area (Å²) in [6, 6.07) is 20.4. The number of hydrogen-bond acceptors (Lipinski definition) is 7. The Balaban J connectivity index is 0.000000281. The van der Waals surface area contributed by atoms with Crippen LogP contribution in [0.1, 0.15) is 56.1 Å². The molecular formula is C31H48O7. The van der Waals surface area contributed by atoms with Crippen molar-refractivity contribution in [1.29, 1.82) is 0 Å². The van der Waals surface area contributed by atoms with Gasteiger partial charge in [0.2, 0.25) is 0 Å². The molecule has 1 aliphatic heterocycles. The van der Waals surface area contributed by atoms with Gasteiger partial charge in [-0.1, -0.05) is 60.7 Å². The molecule has 7 heteroatoms. The smallest absolute Gasteiger partial charge is 0.157 e. The summed E-state index contributed by atoms with van der Waals surface area (Å²) >= 11 is 0. The fourth-order valence-electron chi connectivity index (χ4n) is 3.64. The van der Waals surface area contributed by atoms with Crippen LogP contribution in [-0.2, 0) is 41.6 Å². The molecule has 1 fully saturated rings. The maximum atomic E-state index is 8.53. The second kappa shape index (κ2) is 24.2. The highest BCUT2D eigenvalue weighted by Crippen LogP contribution is 2.13. The van der Waals surface area contributed by atoms with Crippen LogP contribution in [0.4, 0.5) is 0 Å². The molecule has 7 nitrogen and oxygen atoms in total. The minimum absolute atomic E-state index is 0.0140. The van der Waals surface area contributed by atoms with Gasteiger partial charge >= 0.3 is 0 Å². The summed E-state index contributed by atoms with van der Waals surface area (Å²) in [5.41, 5.74) is 2.41. The van der Waals surface area contributed by atoms with E-state index in [0.29, 0.717) is 39.5 Å². The summed E-state index contributed by atoms with van der Waals surface area (Å²) in [7, 11) is 0. The lowest BCUT2D eigenvalue weighted by atomic mass is 10.2. The number of benzene rings is 2. The van der Waals surface area contributed by atoms with Crippen LogP contribution in [0.15, 0.2) is 60.7 Å². The van der Waals surface area contributed by atoms with Gasteiger partial charge in [0, 0.05) is 52.9 Å². The van der Waals surface area contributed by atoms with Gasteiger partial charge in [-0.25, -0.2) is 0 Å². The molecule has 2 aromatic rings. The summed E-state index contributed by atoms with van der Waals surface area (Å²) in [5.74, 6) is 0. The van der Waals surface area contributed by atoms with Gasteiger partial charge in [0.1, 0.15) is 0 Å². The Morgan fingerprint density at radius 2 is 1.11 bits per heavy atom. The standard InChI is InChI=1S/C18H28O4.C13H20O3/c1-2-8-17(9-3-1)16-20-13-6-11-19-12-7-15-22-18-10-4-5-14-21-18;14-8-4-9-15-10-5-11-16-12-13-6-2-1-3-7-13/h1-3,8-9,18H,4-7,10-16H2;1-3,6-7,14H,4-5,8-12H2. The van der Waals surface area contributed by atoms with E-state index < -0.39 is 0 Å². The quantitative estimate of drug-likeness (QED) is 0.225. The first-order valence-corrected chi connectivity index (χ1v) is 14.1. The van der Waals surface area contributed by atoms with E-state index in [1.54, 1.807) is 0 Å². The zero-order valence-corrected chi connectivity index (χ0v) is 23.0. The highest BCUT2D eigenvalue weighted by atomic mass is 16.7. The average Bonchev–Trinajstić information content (AvgIpc) is 2.97. The van der Waals surface area contributed by atoms with Crippen molar-refractivity contribution >= 4 is 0 Å². The molecule has 0 amide bonds. The number of aliphatic hydroxyl groups excluding tert-OH is 1. The molecule has 1 unspecified atom stereocenters. The SMILES string of the molecule is OCCCOCCCOCc1ccccc1.c1ccc(COCCCOCCCOC2CCCCO2)cc1. The van der Waals surface area contributed by atoms with E-state index in [9.17, 15) is 0 Å². The van der Waals surface area contributed by atoms with Gasteiger partial charge in [-0.05, 0) is 56.1 Å². The molecule has 38 heavy (non-hydrogen) atoms. The van der Waals surface area contributed by atoms with Crippen molar-refractivity contribution in [3.8, 4) is 0 Å². The molecule has 1 N–H and O–H groups in total. The Kier molecular flexibility index (Phi) is 20.6. The predicted octanol–water partition coefficient (Wildman–Crippen LogP) is 5.54. The van der Waals surface area contributed by atoms with Crippen molar-refractivity contribution < 1.29 is 33.5 Å². The molecule has 1 heterocycles. The first kappa shape index (κ1) is 32.4. The monoisotopic (exact) mass is 532 g/mol. The zero-order chi connectivity index (χ0) is 26.8. The van der Waals surface area contributed by atoms with E-state index in [2.05, 4.69) is 24.3 Å². The van der Waals surface area contributed by atoms with Gasteiger partial charge in [-0.3, -0.25) is 0 Å². The third-order valence-corrected chi connectivity index (χ3v) is 5.70. The molecule has 0 bridgehead atoms. The van der Waals surface area contributed by atoms with E-state index in [0.717, 1.165) is 65.1 Å². The molecule has 0 aliphatic carbocycles. The molecule has 2 aromatic carbocycles. The van der Waals surface area contributed by atoms with Gasteiger partial charge in [-0.2, -0.15) is 0 Å². The largest absolute Gasteiger partial charge is 0.396 e. The van der Waals surface area contributed by atoms with Crippen LogP contribution >= 0.6 is 0 Å². The van der Waals surface area contributed by atoms with Crippen molar-refractivity contribution in [3.63, 3.8) is 0 Å². The molecule has 1 saturated heterocycles. The Hall–Kier alpha value is -1.84. The molecule has 1 atom stereocenters. The summed E-state index contributed by atoms with van der Waals surface area (Å²) in [6.07, 6.45) is 6.88. The van der Waals surface area contributed by atoms with E-state index in [1.165, 1.54) is 17.5 Å². The molecule has 0 aromatic heterocycles. The summed E-state index contributed by atoms with van der Waals surface area (Å²) in [5, 5.41) is 8.53. The fourth-order valence-corrected chi connectivity index (χ4v) is 3.64. The Bertz CT molecular complexity index is 738. The van der Waals surface area contributed by atoms with Crippen LogP contribution < -0.4 is 0 Å². The van der Waals surface area contributed by atoms with Gasteiger partial charge in [0.25, 0.3) is 0 Å². The highest BCUT2D eigenvalue weighted by molar-refractivity contribution is 5.14. The van der Waals surface area contributed by atoms with E-state index in [1.807, 2.05) is 36.4 Å². The number of rotatable bonds is 20. The van der Waals surface area contributed by atoms with Crippen LogP contribution in [0.5, 0.6) is 0 Å². The van der Waals surface area contributed by atoms with Crippen LogP contribution in [0, 0.1) is 0 Å². The highest BCUT2D eigenvalue weighted by Gasteiger charge is 2.13. The first-order valence-electron chi connectivity index (χ1n) is 14.1. The minimum Gasteiger partial charge on any atom is -0.396 e. The normalized spacial score (nSPS) is 15.1. The maximum absolute atomic E-state index is 8.53. The second-order valence-electron chi connectivity index (χ2n) is 9.11. The van der Waals surface area contributed by atoms with Gasteiger partial charge < -0.3 is 33.5 Å². The zero-order valence-electron chi connectivity index (χ0n) is 23.0. The lowest BCUT2D eigenvalue weighted by molar-refractivity contribution is -0.164. The van der Waals surface area contributed by atoms with Crippen LogP contribution in [-0.4, -0.2) is 70.9 Å².